The zero-order valence-corrected chi connectivity index (χ0v) is 10.6. The van der Waals surface area contributed by atoms with Gasteiger partial charge in [0.2, 0.25) is 0 Å². The maximum atomic E-state index is 4.61. The second-order valence-corrected chi connectivity index (χ2v) is 5.65. The van der Waals surface area contributed by atoms with Crippen molar-refractivity contribution in [3.63, 3.8) is 0 Å². The van der Waals surface area contributed by atoms with Gasteiger partial charge in [-0.1, -0.05) is 10.3 Å². The van der Waals surface area contributed by atoms with Crippen molar-refractivity contribution in [1.82, 2.24) is 15.6 Å². The molecule has 0 spiro atoms. The van der Waals surface area contributed by atoms with Crippen molar-refractivity contribution >= 4 is 27.3 Å². The Morgan fingerprint density at radius 3 is 2.87 bits per heavy atom. The van der Waals surface area contributed by atoms with Gasteiger partial charge in [-0.2, -0.15) is 0 Å². The van der Waals surface area contributed by atoms with Gasteiger partial charge in [-0.25, -0.2) is 4.63 Å². The van der Waals surface area contributed by atoms with Crippen molar-refractivity contribution in [3.8, 4) is 0 Å². The Labute approximate surface area is 99.8 Å². The molecule has 0 aromatic carbocycles. The number of nitrogens with one attached hydrogen (secondary N) is 1. The normalized spacial score (nSPS) is 10.8. The van der Waals surface area contributed by atoms with Crippen LogP contribution in [0.3, 0.4) is 0 Å². The molecule has 0 aliphatic heterocycles. The molecule has 0 amide bonds. The Morgan fingerprint density at radius 2 is 2.27 bits per heavy atom. The molecule has 0 bridgehead atoms. The summed E-state index contributed by atoms with van der Waals surface area (Å²) >= 11 is 5.15. The highest BCUT2D eigenvalue weighted by molar-refractivity contribution is 9.11. The van der Waals surface area contributed by atoms with E-state index >= 15 is 0 Å². The number of hydrogen-bond acceptors (Lipinski definition) is 5. The molecule has 2 rings (SSSR count). The largest absolute Gasteiger partial charge is 0.306 e. The maximum Gasteiger partial charge on any atom is 0.121 e. The van der Waals surface area contributed by atoms with E-state index in [4.69, 9.17) is 0 Å². The molecule has 2 aromatic heterocycles. The van der Waals surface area contributed by atoms with Crippen LogP contribution in [0.2, 0.25) is 0 Å². The number of rotatable bonds is 4. The van der Waals surface area contributed by atoms with Gasteiger partial charge in [0.05, 0.1) is 3.79 Å². The summed E-state index contributed by atoms with van der Waals surface area (Å²) in [6.07, 6.45) is 0. The zero-order chi connectivity index (χ0) is 10.7. The number of aromatic nitrogens is 2. The van der Waals surface area contributed by atoms with Gasteiger partial charge in [0.1, 0.15) is 11.4 Å². The van der Waals surface area contributed by atoms with Crippen molar-refractivity contribution < 1.29 is 4.63 Å². The number of aryl methyl sites for hydroxylation is 1. The smallest absolute Gasteiger partial charge is 0.121 e. The highest BCUT2D eigenvalue weighted by Gasteiger charge is 2.04. The highest BCUT2D eigenvalue weighted by atomic mass is 79.9. The average molecular weight is 288 g/mol. The zero-order valence-electron chi connectivity index (χ0n) is 8.16. The van der Waals surface area contributed by atoms with E-state index < -0.39 is 0 Å². The first kappa shape index (κ1) is 10.8. The van der Waals surface area contributed by atoms with Crippen LogP contribution < -0.4 is 5.32 Å². The van der Waals surface area contributed by atoms with Crippen LogP contribution >= 0.6 is 27.3 Å². The molecule has 0 saturated carbocycles. The molecule has 0 radical (unpaired) electrons. The Bertz CT molecular complexity index is 440. The lowest BCUT2D eigenvalue weighted by Crippen LogP contribution is -2.12. The third-order valence-corrected chi connectivity index (χ3v) is 3.59. The lowest BCUT2D eigenvalue weighted by molar-refractivity contribution is 0.300. The maximum absolute atomic E-state index is 4.61. The molecular formula is C9H10BrN3OS. The molecule has 0 fully saturated rings. The minimum Gasteiger partial charge on any atom is -0.306 e. The SMILES string of the molecule is Cc1nonc1CNCc1ccc(Br)s1. The Balaban J connectivity index is 1.83. The second kappa shape index (κ2) is 4.87. The first-order valence-corrected chi connectivity index (χ1v) is 6.09. The quantitative estimate of drug-likeness (QED) is 0.939. The van der Waals surface area contributed by atoms with Gasteiger partial charge in [-0.15, -0.1) is 11.3 Å². The minimum absolute atomic E-state index is 0.685. The van der Waals surface area contributed by atoms with Crippen LogP contribution in [0.5, 0.6) is 0 Å². The van der Waals surface area contributed by atoms with E-state index in [0.29, 0.717) is 6.54 Å². The molecule has 2 heterocycles. The first-order valence-electron chi connectivity index (χ1n) is 4.48. The van der Waals surface area contributed by atoms with Crippen LogP contribution in [-0.2, 0) is 13.1 Å². The van der Waals surface area contributed by atoms with Gasteiger partial charge in [0.25, 0.3) is 0 Å². The van der Waals surface area contributed by atoms with Gasteiger partial charge in [-0.3, -0.25) is 0 Å². The predicted molar refractivity (Wildman–Crippen MR) is 61.6 cm³/mol. The summed E-state index contributed by atoms with van der Waals surface area (Å²) in [5.74, 6) is 0. The third-order valence-electron chi connectivity index (χ3n) is 1.97. The summed E-state index contributed by atoms with van der Waals surface area (Å²) in [7, 11) is 0. The molecule has 0 unspecified atom stereocenters. The molecular weight excluding hydrogens is 278 g/mol. The number of hydrogen-bond donors (Lipinski definition) is 1. The van der Waals surface area contributed by atoms with Crippen LogP contribution in [-0.4, -0.2) is 10.3 Å². The van der Waals surface area contributed by atoms with Crippen molar-refractivity contribution in [1.29, 1.82) is 0 Å². The summed E-state index contributed by atoms with van der Waals surface area (Å²) in [5, 5.41) is 10.8. The Morgan fingerprint density at radius 1 is 1.40 bits per heavy atom. The van der Waals surface area contributed by atoms with Crippen molar-refractivity contribution in [3.05, 3.63) is 32.2 Å². The van der Waals surface area contributed by atoms with Crippen molar-refractivity contribution in [2.75, 3.05) is 0 Å². The van der Waals surface area contributed by atoms with E-state index in [1.165, 1.54) is 4.88 Å². The summed E-state index contributed by atoms with van der Waals surface area (Å²) in [5.41, 5.74) is 1.71. The van der Waals surface area contributed by atoms with Crippen molar-refractivity contribution in [2.45, 2.75) is 20.0 Å². The van der Waals surface area contributed by atoms with Gasteiger partial charge >= 0.3 is 0 Å². The van der Waals surface area contributed by atoms with Crippen LogP contribution in [0.1, 0.15) is 16.3 Å². The molecule has 2 aromatic rings. The molecule has 0 aliphatic rings. The van der Waals surface area contributed by atoms with E-state index in [1.54, 1.807) is 11.3 Å². The van der Waals surface area contributed by atoms with E-state index in [9.17, 15) is 0 Å². The lowest BCUT2D eigenvalue weighted by atomic mass is 10.3. The summed E-state index contributed by atoms with van der Waals surface area (Å²) in [6.45, 7) is 3.41. The fourth-order valence-corrected chi connectivity index (χ4v) is 2.61. The number of nitrogens with zero attached hydrogens (tertiary/aromatic N) is 2. The first-order chi connectivity index (χ1) is 7.25. The Hall–Kier alpha value is -0.720. The topological polar surface area (TPSA) is 51.0 Å². The molecule has 80 valence electrons. The molecule has 15 heavy (non-hydrogen) atoms. The van der Waals surface area contributed by atoms with Crippen LogP contribution in [0.4, 0.5) is 0 Å². The predicted octanol–water partition coefficient (Wildman–Crippen LogP) is 2.49. The van der Waals surface area contributed by atoms with Gasteiger partial charge in [-0.05, 0) is 35.0 Å². The molecule has 6 heteroatoms. The number of thiophene rings is 1. The summed E-state index contributed by atoms with van der Waals surface area (Å²) in [4.78, 5) is 1.29. The Kier molecular flexibility index (Phi) is 3.50. The monoisotopic (exact) mass is 287 g/mol. The minimum atomic E-state index is 0.685. The van der Waals surface area contributed by atoms with Crippen LogP contribution in [0, 0.1) is 6.92 Å². The highest BCUT2D eigenvalue weighted by Crippen LogP contribution is 2.21. The van der Waals surface area contributed by atoms with E-state index in [2.05, 4.69) is 42.3 Å². The van der Waals surface area contributed by atoms with E-state index in [-0.39, 0.29) is 0 Å². The average Bonchev–Trinajstić information content (AvgIpc) is 2.77. The third kappa shape index (κ3) is 2.87. The fourth-order valence-electron chi connectivity index (χ4n) is 1.16. The van der Waals surface area contributed by atoms with E-state index in [1.807, 2.05) is 13.0 Å². The van der Waals surface area contributed by atoms with Crippen molar-refractivity contribution in [2.24, 2.45) is 0 Å². The van der Waals surface area contributed by atoms with Crippen LogP contribution in [0.15, 0.2) is 20.5 Å². The lowest BCUT2D eigenvalue weighted by Gasteiger charge is -1.99. The second-order valence-electron chi connectivity index (χ2n) is 3.11. The molecule has 1 N–H and O–H groups in total. The van der Waals surface area contributed by atoms with Gasteiger partial charge in [0.15, 0.2) is 0 Å². The fraction of sp³-hybridized carbons (Fsp3) is 0.333. The molecule has 0 saturated heterocycles. The van der Waals surface area contributed by atoms with Crippen LogP contribution in [0.25, 0.3) is 0 Å². The van der Waals surface area contributed by atoms with Gasteiger partial charge < -0.3 is 5.32 Å². The molecule has 0 aliphatic carbocycles. The molecule has 0 atom stereocenters. The molecule has 4 nitrogen and oxygen atoms in total. The number of halogens is 1. The van der Waals surface area contributed by atoms with Gasteiger partial charge in [0, 0.05) is 18.0 Å². The summed E-state index contributed by atoms with van der Waals surface area (Å²) < 4.78 is 5.76. The van der Waals surface area contributed by atoms with E-state index in [0.717, 1.165) is 21.7 Å². The summed E-state index contributed by atoms with van der Waals surface area (Å²) in [6, 6.07) is 4.14. The standard InChI is InChI=1S/C9H10BrN3OS/c1-6-8(13-14-12-6)5-11-4-7-2-3-9(10)15-7/h2-3,11H,4-5H2,1H3.